The average Bonchev–Trinajstić information content (AvgIpc) is 2.99. The van der Waals surface area contributed by atoms with E-state index in [2.05, 4.69) is 6.07 Å². The Balaban J connectivity index is 1.36. The molecule has 2 aliphatic heterocycles. The van der Waals surface area contributed by atoms with E-state index in [0.29, 0.717) is 49.9 Å². The molecule has 1 spiro atoms. The van der Waals surface area contributed by atoms with E-state index in [1.807, 2.05) is 41.3 Å². The number of carbonyl (C=O) groups is 2. The molecule has 0 radical (unpaired) electrons. The number of nitriles is 1. The lowest BCUT2D eigenvalue weighted by Crippen LogP contribution is -2.45. The van der Waals surface area contributed by atoms with Crippen LogP contribution in [0.15, 0.2) is 48.5 Å². The molecule has 5 nitrogen and oxygen atoms in total. The van der Waals surface area contributed by atoms with Crippen molar-refractivity contribution in [2.24, 2.45) is 0 Å². The van der Waals surface area contributed by atoms with E-state index >= 15 is 0 Å². The van der Waals surface area contributed by atoms with Crippen LogP contribution in [0.2, 0.25) is 0 Å². The summed E-state index contributed by atoms with van der Waals surface area (Å²) < 4.78 is 5.74. The first-order valence-corrected chi connectivity index (χ1v) is 9.21. The van der Waals surface area contributed by atoms with Gasteiger partial charge in [-0.3, -0.25) is 4.79 Å². The number of hydrogen-bond acceptors (Lipinski definition) is 4. The Kier molecular flexibility index (Phi) is 4.41. The molecule has 1 fully saturated rings. The van der Waals surface area contributed by atoms with Crippen LogP contribution in [0, 0.1) is 11.3 Å². The Morgan fingerprint density at radius 3 is 2.52 bits per heavy atom. The molecule has 5 heteroatoms. The number of esters is 1. The van der Waals surface area contributed by atoms with Gasteiger partial charge < -0.3 is 9.64 Å². The Bertz CT molecular complexity index is 919. The molecular formula is C22H20N2O3. The Morgan fingerprint density at radius 1 is 1.11 bits per heavy atom. The molecule has 0 N–H and O–H groups in total. The molecule has 0 bridgehead atoms. The van der Waals surface area contributed by atoms with Gasteiger partial charge in [-0.2, -0.15) is 5.26 Å². The fraction of sp³-hybridized carbons (Fsp3) is 0.318. The van der Waals surface area contributed by atoms with E-state index < -0.39 is 5.60 Å². The molecule has 0 atom stereocenters. The predicted molar refractivity (Wildman–Crippen MR) is 98.8 cm³/mol. The summed E-state index contributed by atoms with van der Waals surface area (Å²) in [5.74, 6) is -0.141. The Labute approximate surface area is 158 Å². The third-order valence-electron chi connectivity index (χ3n) is 5.56. The third kappa shape index (κ3) is 3.19. The summed E-state index contributed by atoms with van der Waals surface area (Å²) in [4.78, 5) is 26.6. The molecule has 2 heterocycles. The number of likely N-dealkylation sites (tertiary alicyclic amines) is 1. The summed E-state index contributed by atoms with van der Waals surface area (Å²) in [5, 5.41) is 8.84. The number of hydrogen-bond donors (Lipinski definition) is 0. The first-order valence-electron chi connectivity index (χ1n) is 9.21. The summed E-state index contributed by atoms with van der Waals surface area (Å²) in [6.45, 7) is 1.18. The van der Waals surface area contributed by atoms with Crippen molar-refractivity contribution in [2.45, 2.75) is 31.3 Å². The number of amides is 1. The summed E-state index contributed by atoms with van der Waals surface area (Å²) in [6.07, 6.45) is 2.37. The van der Waals surface area contributed by atoms with Crippen molar-refractivity contribution in [1.29, 1.82) is 5.26 Å². The van der Waals surface area contributed by atoms with Crippen molar-refractivity contribution in [3.63, 3.8) is 0 Å². The highest BCUT2D eigenvalue weighted by atomic mass is 16.6. The van der Waals surface area contributed by atoms with Gasteiger partial charge in [0.2, 0.25) is 5.91 Å². The van der Waals surface area contributed by atoms with Gasteiger partial charge in [0.25, 0.3) is 0 Å². The molecule has 2 aliphatic rings. The highest BCUT2D eigenvalue weighted by Crippen LogP contribution is 2.43. The molecule has 4 rings (SSSR count). The molecule has 1 saturated heterocycles. The summed E-state index contributed by atoms with van der Waals surface area (Å²) in [7, 11) is 0. The largest absolute Gasteiger partial charge is 0.450 e. The Hall–Kier alpha value is -3.13. The van der Waals surface area contributed by atoms with Gasteiger partial charge in [0.1, 0.15) is 5.60 Å². The van der Waals surface area contributed by atoms with Gasteiger partial charge in [-0.15, -0.1) is 0 Å². The standard InChI is InChI=1S/C22H20N2O3/c23-15-17-7-5-16(6-8-17)9-10-20(25)24-13-11-22(12-14-24)19-4-2-1-3-18(19)21(26)27-22/h1-8H,9-14H2. The summed E-state index contributed by atoms with van der Waals surface area (Å²) >= 11 is 0. The minimum absolute atomic E-state index is 0.117. The van der Waals surface area contributed by atoms with E-state index in [0.717, 1.165) is 11.1 Å². The number of nitrogens with zero attached hydrogens (tertiary/aromatic N) is 2. The first-order chi connectivity index (χ1) is 13.1. The zero-order valence-corrected chi connectivity index (χ0v) is 15.0. The second kappa shape index (κ2) is 6.88. The minimum Gasteiger partial charge on any atom is -0.450 e. The highest BCUT2D eigenvalue weighted by molar-refractivity contribution is 5.94. The van der Waals surface area contributed by atoms with E-state index in [-0.39, 0.29) is 11.9 Å². The van der Waals surface area contributed by atoms with Crippen molar-refractivity contribution in [2.75, 3.05) is 13.1 Å². The van der Waals surface area contributed by atoms with Crippen LogP contribution in [-0.4, -0.2) is 29.9 Å². The lowest BCUT2D eigenvalue weighted by Gasteiger charge is -2.38. The monoisotopic (exact) mass is 360 g/mol. The van der Waals surface area contributed by atoms with Crippen LogP contribution in [-0.2, 0) is 21.6 Å². The van der Waals surface area contributed by atoms with Gasteiger partial charge in [0, 0.05) is 37.9 Å². The summed E-state index contributed by atoms with van der Waals surface area (Å²) in [6, 6.07) is 17.0. The lowest BCUT2D eigenvalue weighted by atomic mass is 9.83. The molecule has 2 aromatic carbocycles. The van der Waals surface area contributed by atoms with Crippen molar-refractivity contribution < 1.29 is 14.3 Å². The van der Waals surface area contributed by atoms with Gasteiger partial charge in [-0.25, -0.2) is 4.79 Å². The van der Waals surface area contributed by atoms with Crippen LogP contribution < -0.4 is 0 Å². The van der Waals surface area contributed by atoms with Crippen molar-refractivity contribution >= 4 is 11.9 Å². The van der Waals surface area contributed by atoms with Crippen LogP contribution in [0.25, 0.3) is 0 Å². The van der Waals surface area contributed by atoms with Crippen LogP contribution in [0.4, 0.5) is 0 Å². The predicted octanol–water partition coefficient (Wildman–Crippen LogP) is 3.18. The van der Waals surface area contributed by atoms with E-state index in [1.54, 1.807) is 12.1 Å². The van der Waals surface area contributed by atoms with Gasteiger partial charge in [0.05, 0.1) is 17.2 Å². The smallest absolute Gasteiger partial charge is 0.339 e. The zero-order valence-electron chi connectivity index (χ0n) is 15.0. The first kappa shape index (κ1) is 17.3. The normalized spacial score (nSPS) is 17.3. The fourth-order valence-electron chi connectivity index (χ4n) is 3.99. The van der Waals surface area contributed by atoms with E-state index in [1.165, 1.54) is 0 Å². The second-order valence-electron chi connectivity index (χ2n) is 7.12. The number of piperidine rings is 1. The van der Waals surface area contributed by atoms with Crippen LogP contribution in [0.1, 0.15) is 46.3 Å². The molecule has 0 aliphatic carbocycles. The zero-order chi connectivity index (χ0) is 18.9. The maximum atomic E-state index is 12.6. The topological polar surface area (TPSA) is 70.4 Å². The van der Waals surface area contributed by atoms with Crippen LogP contribution >= 0.6 is 0 Å². The third-order valence-corrected chi connectivity index (χ3v) is 5.56. The van der Waals surface area contributed by atoms with Crippen molar-refractivity contribution in [3.05, 3.63) is 70.8 Å². The Morgan fingerprint density at radius 2 is 1.81 bits per heavy atom. The van der Waals surface area contributed by atoms with Gasteiger partial charge >= 0.3 is 5.97 Å². The summed E-state index contributed by atoms with van der Waals surface area (Å²) in [5.41, 5.74) is 2.71. The second-order valence-corrected chi connectivity index (χ2v) is 7.12. The lowest BCUT2D eigenvalue weighted by molar-refractivity contribution is -0.135. The number of carbonyl (C=O) groups excluding carboxylic acids is 2. The van der Waals surface area contributed by atoms with Crippen molar-refractivity contribution in [3.8, 4) is 6.07 Å². The minimum atomic E-state index is -0.572. The molecule has 136 valence electrons. The number of benzene rings is 2. The number of fused-ring (bicyclic) bond motifs is 2. The van der Waals surface area contributed by atoms with E-state index in [9.17, 15) is 9.59 Å². The van der Waals surface area contributed by atoms with Crippen molar-refractivity contribution in [1.82, 2.24) is 4.90 Å². The highest BCUT2D eigenvalue weighted by Gasteiger charge is 2.47. The maximum Gasteiger partial charge on any atom is 0.339 e. The van der Waals surface area contributed by atoms with E-state index in [4.69, 9.17) is 10.00 Å². The van der Waals surface area contributed by atoms with Crippen LogP contribution in [0.3, 0.4) is 0 Å². The molecular weight excluding hydrogens is 340 g/mol. The SMILES string of the molecule is N#Cc1ccc(CCC(=O)N2CCC3(CC2)OC(=O)c2ccccc23)cc1. The molecule has 2 aromatic rings. The molecule has 0 saturated carbocycles. The van der Waals surface area contributed by atoms with Gasteiger partial charge in [-0.05, 0) is 30.2 Å². The molecule has 0 unspecified atom stereocenters. The molecule has 1 amide bonds. The number of rotatable bonds is 3. The van der Waals surface area contributed by atoms with Gasteiger partial charge in [-0.1, -0.05) is 30.3 Å². The number of ether oxygens (including phenoxy) is 1. The number of aryl methyl sites for hydroxylation is 1. The molecule has 27 heavy (non-hydrogen) atoms. The maximum absolute atomic E-state index is 12.6. The fourth-order valence-corrected chi connectivity index (χ4v) is 3.99. The molecule has 0 aromatic heterocycles. The quantitative estimate of drug-likeness (QED) is 0.788. The van der Waals surface area contributed by atoms with Crippen LogP contribution in [0.5, 0.6) is 0 Å². The van der Waals surface area contributed by atoms with Gasteiger partial charge in [0.15, 0.2) is 0 Å². The average molecular weight is 360 g/mol.